The highest BCUT2D eigenvalue weighted by molar-refractivity contribution is 5.97. The van der Waals surface area contributed by atoms with Gasteiger partial charge in [0.2, 0.25) is 5.91 Å². The zero-order valence-electron chi connectivity index (χ0n) is 14.1. The standard InChI is InChI=1S/C17H21FN2O5/c1-3-19-17(24)11(2)20-15(22)10-25-16(23)9-8-14(21)12-4-6-13(18)7-5-12/h4-7,11H,3,8-10H2,1-2H3,(H,19,24)(H,20,22)/t11-/m1/s1. The molecule has 0 aliphatic carbocycles. The van der Waals surface area contributed by atoms with Crippen molar-refractivity contribution in [2.45, 2.75) is 32.7 Å². The molecule has 1 atom stereocenters. The van der Waals surface area contributed by atoms with Crippen molar-refractivity contribution in [2.75, 3.05) is 13.2 Å². The summed E-state index contributed by atoms with van der Waals surface area (Å²) >= 11 is 0. The molecule has 0 radical (unpaired) electrons. The molecule has 0 saturated carbocycles. The molecule has 7 nitrogen and oxygen atoms in total. The Morgan fingerprint density at radius 3 is 2.36 bits per heavy atom. The molecule has 136 valence electrons. The largest absolute Gasteiger partial charge is 0.456 e. The van der Waals surface area contributed by atoms with Crippen LogP contribution >= 0.6 is 0 Å². The van der Waals surface area contributed by atoms with Crippen molar-refractivity contribution in [3.05, 3.63) is 35.6 Å². The number of Topliss-reactive ketones (excluding diaryl/α,β-unsaturated/α-hetero) is 1. The average Bonchev–Trinajstić information content (AvgIpc) is 2.58. The van der Waals surface area contributed by atoms with E-state index in [1.54, 1.807) is 6.92 Å². The van der Waals surface area contributed by atoms with Gasteiger partial charge in [-0.2, -0.15) is 0 Å². The van der Waals surface area contributed by atoms with Gasteiger partial charge >= 0.3 is 5.97 Å². The molecule has 0 heterocycles. The van der Waals surface area contributed by atoms with E-state index in [0.717, 1.165) is 12.1 Å². The smallest absolute Gasteiger partial charge is 0.306 e. The first-order valence-corrected chi connectivity index (χ1v) is 7.85. The number of likely N-dealkylation sites (N-methyl/N-ethyl adjacent to an activating group) is 1. The van der Waals surface area contributed by atoms with Gasteiger partial charge in [-0.15, -0.1) is 0 Å². The number of rotatable bonds is 9. The summed E-state index contributed by atoms with van der Waals surface area (Å²) in [7, 11) is 0. The SMILES string of the molecule is CCNC(=O)[C@@H](C)NC(=O)COC(=O)CCC(=O)c1ccc(F)cc1. The lowest BCUT2D eigenvalue weighted by atomic mass is 10.1. The van der Waals surface area contributed by atoms with Crippen LogP contribution in [0, 0.1) is 5.82 Å². The van der Waals surface area contributed by atoms with Gasteiger partial charge in [0.25, 0.3) is 5.91 Å². The number of ketones is 1. The Hall–Kier alpha value is -2.77. The lowest BCUT2D eigenvalue weighted by Gasteiger charge is -2.13. The number of carbonyl (C=O) groups is 4. The number of esters is 1. The Kier molecular flexibility index (Phi) is 8.25. The first-order valence-electron chi connectivity index (χ1n) is 7.85. The molecule has 2 N–H and O–H groups in total. The Bertz CT molecular complexity index is 630. The molecule has 2 amide bonds. The summed E-state index contributed by atoms with van der Waals surface area (Å²) in [5, 5.41) is 4.93. The molecule has 8 heteroatoms. The van der Waals surface area contributed by atoms with Crippen molar-refractivity contribution >= 4 is 23.6 Å². The van der Waals surface area contributed by atoms with Gasteiger partial charge in [0.15, 0.2) is 12.4 Å². The number of nitrogens with one attached hydrogen (secondary N) is 2. The lowest BCUT2D eigenvalue weighted by molar-refractivity contribution is -0.148. The summed E-state index contributed by atoms with van der Waals surface area (Å²) in [6.45, 7) is 3.16. The van der Waals surface area contributed by atoms with E-state index < -0.39 is 30.3 Å². The second kappa shape index (κ2) is 10.2. The maximum atomic E-state index is 12.8. The van der Waals surface area contributed by atoms with Crippen LogP contribution in [0.4, 0.5) is 4.39 Å². The van der Waals surface area contributed by atoms with Gasteiger partial charge in [-0.3, -0.25) is 19.2 Å². The number of benzene rings is 1. The van der Waals surface area contributed by atoms with Crippen LogP contribution in [-0.4, -0.2) is 42.8 Å². The van der Waals surface area contributed by atoms with Crippen molar-refractivity contribution in [3.8, 4) is 0 Å². The molecule has 0 bridgehead atoms. The number of ether oxygens (including phenoxy) is 1. The molecule has 25 heavy (non-hydrogen) atoms. The Balaban J connectivity index is 2.30. The third kappa shape index (κ3) is 7.56. The van der Waals surface area contributed by atoms with Gasteiger partial charge in [0, 0.05) is 18.5 Å². The van der Waals surface area contributed by atoms with Crippen LogP contribution in [-0.2, 0) is 19.1 Å². The summed E-state index contributed by atoms with van der Waals surface area (Å²) < 4.78 is 17.5. The first kappa shape index (κ1) is 20.3. The normalized spacial score (nSPS) is 11.3. The highest BCUT2D eigenvalue weighted by Crippen LogP contribution is 2.07. The summed E-state index contributed by atoms with van der Waals surface area (Å²) in [5.74, 6) is -2.45. The maximum absolute atomic E-state index is 12.8. The summed E-state index contributed by atoms with van der Waals surface area (Å²) in [6, 6.07) is 4.24. The average molecular weight is 352 g/mol. The zero-order chi connectivity index (χ0) is 18.8. The van der Waals surface area contributed by atoms with Gasteiger partial charge in [-0.1, -0.05) is 0 Å². The van der Waals surface area contributed by atoms with Crippen molar-refractivity contribution in [1.29, 1.82) is 0 Å². The number of carbonyl (C=O) groups excluding carboxylic acids is 4. The van der Waals surface area contributed by atoms with Gasteiger partial charge in [0.05, 0.1) is 6.42 Å². The minimum absolute atomic E-state index is 0.110. The van der Waals surface area contributed by atoms with Crippen LogP contribution in [0.25, 0.3) is 0 Å². The Morgan fingerprint density at radius 2 is 1.76 bits per heavy atom. The van der Waals surface area contributed by atoms with E-state index in [0.29, 0.717) is 12.1 Å². The van der Waals surface area contributed by atoms with E-state index in [2.05, 4.69) is 10.6 Å². The van der Waals surface area contributed by atoms with Gasteiger partial charge < -0.3 is 15.4 Å². The lowest BCUT2D eigenvalue weighted by Crippen LogP contribution is -2.46. The van der Waals surface area contributed by atoms with Crippen molar-refractivity contribution in [1.82, 2.24) is 10.6 Å². The van der Waals surface area contributed by atoms with Crippen LogP contribution in [0.5, 0.6) is 0 Å². The van der Waals surface area contributed by atoms with Crippen molar-refractivity contribution in [3.63, 3.8) is 0 Å². The van der Waals surface area contributed by atoms with Crippen LogP contribution in [0.15, 0.2) is 24.3 Å². The fourth-order valence-electron chi connectivity index (χ4n) is 1.89. The molecular formula is C17H21FN2O5. The fraction of sp³-hybridized carbons (Fsp3) is 0.412. The Labute approximate surface area is 144 Å². The van der Waals surface area contributed by atoms with Gasteiger partial charge in [-0.05, 0) is 38.1 Å². The van der Waals surface area contributed by atoms with E-state index >= 15 is 0 Å². The fourth-order valence-corrected chi connectivity index (χ4v) is 1.89. The third-order valence-corrected chi connectivity index (χ3v) is 3.21. The van der Waals surface area contributed by atoms with Crippen LogP contribution in [0.2, 0.25) is 0 Å². The summed E-state index contributed by atoms with van der Waals surface area (Å²) in [6.07, 6.45) is -0.309. The predicted molar refractivity (Wildman–Crippen MR) is 87.2 cm³/mol. The molecule has 0 unspecified atom stereocenters. The second-order valence-corrected chi connectivity index (χ2v) is 5.27. The highest BCUT2D eigenvalue weighted by atomic mass is 19.1. The highest BCUT2D eigenvalue weighted by Gasteiger charge is 2.16. The number of hydrogen-bond acceptors (Lipinski definition) is 5. The molecule has 0 spiro atoms. The molecule has 0 aromatic heterocycles. The summed E-state index contributed by atoms with van der Waals surface area (Å²) in [4.78, 5) is 46.4. The quantitative estimate of drug-likeness (QED) is 0.509. The molecular weight excluding hydrogens is 331 g/mol. The number of amides is 2. The molecule has 0 aliphatic heterocycles. The first-order chi connectivity index (χ1) is 11.8. The zero-order valence-corrected chi connectivity index (χ0v) is 14.1. The molecule has 1 aromatic rings. The topological polar surface area (TPSA) is 102 Å². The number of hydrogen-bond donors (Lipinski definition) is 2. The minimum atomic E-state index is -0.744. The van der Waals surface area contributed by atoms with Crippen molar-refractivity contribution < 1.29 is 28.3 Å². The number of halogens is 1. The summed E-state index contributed by atoms with van der Waals surface area (Å²) in [5.41, 5.74) is 0.294. The van der Waals surface area contributed by atoms with E-state index in [1.807, 2.05) is 0 Å². The monoisotopic (exact) mass is 352 g/mol. The van der Waals surface area contributed by atoms with Crippen LogP contribution < -0.4 is 10.6 Å². The van der Waals surface area contributed by atoms with Crippen LogP contribution in [0.1, 0.15) is 37.0 Å². The van der Waals surface area contributed by atoms with E-state index in [4.69, 9.17) is 4.74 Å². The van der Waals surface area contributed by atoms with Crippen LogP contribution in [0.3, 0.4) is 0 Å². The third-order valence-electron chi connectivity index (χ3n) is 3.21. The predicted octanol–water partition coefficient (Wildman–Crippen LogP) is 0.973. The van der Waals surface area contributed by atoms with Gasteiger partial charge in [-0.25, -0.2) is 4.39 Å². The second-order valence-electron chi connectivity index (χ2n) is 5.27. The minimum Gasteiger partial charge on any atom is -0.456 e. The molecule has 0 fully saturated rings. The van der Waals surface area contributed by atoms with E-state index in [-0.39, 0.29) is 24.5 Å². The van der Waals surface area contributed by atoms with E-state index in [9.17, 15) is 23.6 Å². The van der Waals surface area contributed by atoms with Crippen molar-refractivity contribution in [2.24, 2.45) is 0 Å². The molecule has 0 saturated heterocycles. The molecule has 0 aliphatic rings. The van der Waals surface area contributed by atoms with Gasteiger partial charge in [0.1, 0.15) is 11.9 Å². The maximum Gasteiger partial charge on any atom is 0.306 e. The molecule has 1 rings (SSSR count). The Morgan fingerprint density at radius 1 is 1.12 bits per heavy atom. The van der Waals surface area contributed by atoms with E-state index in [1.165, 1.54) is 19.1 Å². The molecule has 1 aromatic carbocycles.